The van der Waals surface area contributed by atoms with Crippen LogP contribution in [0.15, 0.2) is 33.7 Å². The van der Waals surface area contributed by atoms with Crippen LogP contribution in [0.3, 0.4) is 0 Å². The molecular weight excluding hydrogens is 431 g/mol. The Morgan fingerprint density at radius 2 is 2.00 bits per heavy atom. The topological polar surface area (TPSA) is 88.7 Å². The van der Waals surface area contributed by atoms with E-state index in [-0.39, 0.29) is 26.7 Å². The SMILES string of the molecule is COc1ccc(C2(CN)CCN(c3ncnc4c3N=IN4)CC2)cc1. The summed E-state index contributed by atoms with van der Waals surface area (Å²) in [6, 6.07) is 8.33. The number of piperidine rings is 1. The molecule has 3 heterocycles. The van der Waals surface area contributed by atoms with E-state index in [0.717, 1.165) is 49.0 Å². The molecular formula is C17H21IN6O. The number of aromatic nitrogens is 2. The summed E-state index contributed by atoms with van der Waals surface area (Å²) < 4.78 is 13.2. The third kappa shape index (κ3) is 2.97. The van der Waals surface area contributed by atoms with E-state index < -0.39 is 0 Å². The maximum atomic E-state index is 6.22. The van der Waals surface area contributed by atoms with Crippen molar-refractivity contribution in [2.24, 2.45) is 8.88 Å². The van der Waals surface area contributed by atoms with Crippen molar-refractivity contribution in [3.63, 3.8) is 0 Å². The zero-order chi connectivity index (χ0) is 17.3. The number of halogens is 1. The van der Waals surface area contributed by atoms with Gasteiger partial charge in [-0.15, -0.1) is 0 Å². The second kappa shape index (κ2) is 6.83. The summed E-state index contributed by atoms with van der Waals surface area (Å²) in [5, 5.41) is 0. The molecule has 7 nitrogen and oxygen atoms in total. The second-order valence-corrected chi connectivity index (χ2v) is 7.86. The first kappa shape index (κ1) is 16.6. The molecule has 8 heteroatoms. The lowest BCUT2D eigenvalue weighted by Gasteiger charge is -2.42. The predicted octanol–water partition coefficient (Wildman–Crippen LogP) is 3.11. The third-order valence-electron chi connectivity index (χ3n) is 5.17. The average molecular weight is 452 g/mol. The number of nitrogens with one attached hydrogen (secondary N) is 1. The lowest BCUT2D eigenvalue weighted by atomic mass is 9.73. The first-order valence-corrected chi connectivity index (χ1v) is 10.3. The maximum absolute atomic E-state index is 6.22. The Bertz CT molecular complexity index is 786. The molecule has 2 aromatic rings. The van der Waals surface area contributed by atoms with Crippen LogP contribution in [0.4, 0.5) is 17.3 Å². The smallest absolute Gasteiger partial charge is 0.167 e. The average Bonchev–Trinajstić information content (AvgIpc) is 3.17. The van der Waals surface area contributed by atoms with E-state index in [9.17, 15) is 0 Å². The van der Waals surface area contributed by atoms with Crippen LogP contribution in [0.2, 0.25) is 0 Å². The molecule has 2 aliphatic heterocycles. The van der Waals surface area contributed by atoms with Crippen molar-refractivity contribution in [3.8, 4) is 5.75 Å². The van der Waals surface area contributed by atoms with Crippen LogP contribution in [0.25, 0.3) is 0 Å². The lowest BCUT2D eigenvalue weighted by molar-refractivity contribution is 0.338. The van der Waals surface area contributed by atoms with E-state index in [1.54, 1.807) is 13.4 Å². The van der Waals surface area contributed by atoms with E-state index in [2.05, 4.69) is 33.7 Å². The molecule has 1 aromatic heterocycles. The molecule has 0 aliphatic carbocycles. The molecule has 25 heavy (non-hydrogen) atoms. The number of fused-ring (bicyclic) bond motifs is 1. The van der Waals surface area contributed by atoms with Crippen LogP contribution in [0, 0.1) is 0 Å². The van der Waals surface area contributed by atoms with Crippen molar-refractivity contribution >= 4 is 38.6 Å². The lowest BCUT2D eigenvalue weighted by Crippen LogP contribution is -2.47. The highest BCUT2D eigenvalue weighted by Gasteiger charge is 2.36. The van der Waals surface area contributed by atoms with Gasteiger partial charge < -0.3 is 18.9 Å². The fourth-order valence-electron chi connectivity index (χ4n) is 3.55. The molecule has 0 atom stereocenters. The van der Waals surface area contributed by atoms with Gasteiger partial charge in [0.15, 0.2) is 17.3 Å². The molecule has 132 valence electrons. The summed E-state index contributed by atoms with van der Waals surface area (Å²) in [5.41, 5.74) is 8.45. The summed E-state index contributed by atoms with van der Waals surface area (Å²) in [6.07, 6.45) is 3.62. The summed E-state index contributed by atoms with van der Waals surface area (Å²) in [4.78, 5) is 11.1. The number of hydrogen-bond acceptors (Lipinski definition) is 7. The largest absolute Gasteiger partial charge is 0.497 e. The molecule has 0 amide bonds. The van der Waals surface area contributed by atoms with Gasteiger partial charge in [0.05, 0.1) is 7.11 Å². The van der Waals surface area contributed by atoms with Crippen molar-refractivity contribution in [3.05, 3.63) is 36.2 Å². The fraction of sp³-hybridized carbons (Fsp3) is 0.412. The highest BCUT2D eigenvalue weighted by molar-refractivity contribution is 14.2. The van der Waals surface area contributed by atoms with Crippen molar-refractivity contribution < 1.29 is 4.74 Å². The minimum absolute atomic E-state index is 0.0152. The minimum atomic E-state index is -0.377. The second-order valence-electron chi connectivity index (χ2n) is 6.36. The van der Waals surface area contributed by atoms with Crippen LogP contribution in [0.5, 0.6) is 5.75 Å². The number of anilines is 2. The highest BCUT2D eigenvalue weighted by atomic mass is 127. The van der Waals surface area contributed by atoms with Crippen LogP contribution in [0.1, 0.15) is 18.4 Å². The van der Waals surface area contributed by atoms with Gasteiger partial charge in [0.25, 0.3) is 0 Å². The molecule has 1 saturated heterocycles. The molecule has 0 radical (unpaired) electrons. The monoisotopic (exact) mass is 452 g/mol. The molecule has 2 aliphatic rings. The van der Waals surface area contributed by atoms with Gasteiger partial charge >= 0.3 is 0 Å². The van der Waals surface area contributed by atoms with Gasteiger partial charge in [-0.3, -0.25) is 0 Å². The number of nitrogens with zero attached hydrogens (tertiary/aromatic N) is 4. The van der Waals surface area contributed by atoms with Gasteiger partial charge in [-0.25, -0.2) is 9.97 Å². The zero-order valence-corrected chi connectivity index (χ0v) is 16.2. The van der Waals surface area contributed by atoms with Crippen molar-refractivity contribution in [1.29, 1.82) is 0 Å². The first-order valence-electron chi connectivity index (χ1n) is 8.30. The first-order chi connectivity index (χ1) is 12.3. The molecule has 1 aromatic carbocycles. The van der Waals surface area contributed by atoms with E-state index in [1.807, 2.05) is 12.1 Å². The Balaban J connectivity index is 1.55. The van der Waals surface area contributed by atoms with Gasteiger partial charge in [-0.1, -0.05) is 12.1 Å². The van der Waals surface area contributed by atoms with Crippen molar-refractivity contribution in [1.82, 2.24) is 9.97 Å². The molecule has 1 fully saturated rings. The summed E-state index contributed by atoms with van der Waals surface area (Å²) in [7, 11) is 1.69. The standard InChI is InChI=1S/C17H21IN6O/c1-25-13-4-2-12(3-5-13)17(10-19)6-8-24(9-7-17)16-14-15(20-11-21-16)23-18-22-14/h2-5,11H,6-10,19H2,1H3,(H,20,21,22,23). The Morgan fingerprint density at radius 1 is 1.24 bits per heavy atom. The summed E-state index contributed by atoms with van der Waals surface area (Å²) in [5.74, 6) is 2.71. The van der Waals surface area contributed by atoms with Crippen molar-refractivity contribution in [2.45, 2.75) is 18.3 Å². The van der Waals surface area contributed by atoms with Gasteiger partial charge in [-0.05, 0) is 30.5 Å². The van der Waals surface area contributed by atoms with Gasteiger partial charge in [-0.2, -0.15) is 3.15 Å². The maximum Gasteiger partial charge on any atom is 0.167 e. The van der Waals surface area contributed by atoms with E-state index in [0.29, 0.717) is 6.54 Å². The van der Waals surface area contributed by atoms with E-state index >= 15 is 0 Å². The van der Waals surface area contributed by atoms with E-state index in [1.165, 1.54) is 5.56 Å². The number of benzene rings is 1. The molecule has 0 bridgehead atoms. The minimum Gasteiger partial charge on any atom is -0.497 e. The van der Waals surface area contributed by atoms with Crippen LogP contribution >= 0.6 is 21.3 Å². The number of hydrogen-bond donors (Lipinski definition) is 2. The Labute approximate surface area is 157 Å². The van der Waals surface area contributed by atoms with Crippen LogP contribution in [-0.4, -0.2) is 36.7 Å². The van der Waals surface area contributed by atoms with Crippen LogP contribution < -0.4 is 18.9 Å². The van der Waals surface area contributed by atoms with E-state index in [4.69, 9.17) is 10.5 Å². The summed E-state index contributed by atoms with van der Waals surface area (Å²) in [6.45, 7) is 2.48. The number of rotatable bonds is 4. The number of ether oxygens (including phenoxy) is 1. The molecule has 0 unspecified atom stereocenters. The third-order valence-corrected chi connectivity index (χ3v) is 6.65. The number of methoxy groups -OCH3 is 1. The Kier molecular flexibility index (Phi) is 4.55. The molecule has 0 spiro atoms. The molecule has 4 rings (SSSR count). The Morgan fingerprint density at radius 3 is 2.68 bits per heavy atom. The number of nitrogens with two attached hydrogens (primary N) is 1. The highest BCUT2D eigenvalue weighted by Crippen LogP contribution is 2.43. The van der Waals surface area contributed by atoms with Crippen LogP contribution in [-0.2, 0) is 5.41 Å². The zero-order valence-electron chi connectivity index (χ0n) is 14.1. The fourth-order valence-corrected chi connectivity index (χ4v) is 4.98. The quantitative estimate of drug-likeness (QED) is 0.548. The Hall–Kier alpha value is -1.81. The molecule has 3 N–H and O–H groups in total. The van der Waals surface area contributed by atoms with Crippen molar-refractivity contribution in [2.75, 3.05) is 35.2 Å². The normalized spacial score (nSPS) is 18.2. The van der Waals surface area contributed by atoms with Gasteiger partial charge in [0.2, 0.25) is 0 Å². The summed E-state index contributed by atoms with van der Waals surface area (Å²) >= 11 is -0.377. The molecule has 0 saturated carbocycles. The predicted molar refractivity (Wildman–Crippen MR) is 107 cm³/mol. The van der Waals surface area contributed by atoms with Gasteiger partial charge in [0.1, 0.15) is 33.4 Å². The van der Waals surface area contributed by atoms with Gasteiger partial charge in [0, 0.05) is 25.0 Å².